The van der Waals surface area contributed by atoms with E-state index in [2.05, 4.69) is 6.58 Å². The van der Waals surface area contributed by atoms with Crippen LogP contribution in [0.15, 0.2) is 12.2 Å². The first-order chi connectivity index (χ1) is 7.54. The summed E-state index contributed by atoms with van der Waals surface area (Å²) in [5.74, 6) is -1.60. The van der Waals surface area contributed by atoms with E-state index in [4.69, 9.17) is 9.47 Å². The van der Waals surface area contributed by atoms with Gasteiger partial charge in [0, 0.05) is 5.57 Å². The van der Waals surface area contributed by atoms with Gasteiger partial charge in [0.05, 0.1) is 19.1 Å². The normalized spacial score (nSPS) is 11.7. The molecule has 0 aromatic rings. The Bertz CT molecular complexity index is 258. The standard InChI is InChI=1S/C12H20O4/c1-5-7-15-11(13)9(3)10(4)12(14)16-8-6-2/h10H,3,5-8H2,1-2,4H3. The van der Waals surface area contributed by atoms with Gasteiger partial charge in [0.25, 0.3) is 0 Å². The number of hydrogen-bond acceptors (Lipinski definition) is 4. The van der Waals surface area contributed by atoms with Gasteiger partial charge in [-0.2, -0.15) is 0 Å². The second-order valence-corrected chi connectivity index (χ2v) is 3.55. The Morgan fingerprint density at radius 2 is 1.62 bits per heavy atom. The van der Waals surface area contributed by atoms with Gasteiger partial charge < -0.3 is 9.47 Å². The molecule has 0 rings (SSSR count). The molecule has 0 N–H and O–H groups in total. The van der Waals surface area contributed by atoms with Gasteiger partial charge in [0.1, 0.15) is 0 Å². The molecule has 16 heavy (non-hydrogen) atoms. The molecule has 0 saturated carbocycles. The predicted molar refractivity (Wildman–Crippen MR) is 60.8 cm³/mol. The van der Waals surface area contributed by atoms with Crippen LogP contribution < -0.4 is 0 Å². The minimum absolute atomic E-state index is 0.148. The molecule has 92 valence electrons. The zero-order valence-corrected chi connectivity index (χ0v) is 10.2. The zero-order chi connectivity index (χ0) is 12.6. The van der Waals surface area contributed by atoms with Crippen LogP contribution in [0.2, 0.25) is 0 Å². The first kappa shape index (κ1) is 14.7. The molecule has 0 saturated heterocycles. The third-order valence-corrected chi connectivity index (χ3v) is 2.02. The molecule has 0 fully saturated rings. The summed E-state index contributed by atoms with van der Waals surface area (Å²) in [5.41, 5.74) is 0.148. The van der Waals surface area contributed by atoms with Gasteiger partial charge in [-0.1, -0.05) is 20.4 Å². The van der Waals surface area contributed by atoms with E-state index in [-0.39, 0.29) is 5.57 Å². The van der Waals surface area contributed by atoms with Crippen molar-refractivity contribution in [1.82, 2.24) is 0 Å². The van der Waals surface area contributed by atoms with Gasteiger partial charge in [-0.15, -0.1) is 0 Å². The lowest BCUT2D eigenvalue weighted by Crippen LogP contribution is -2.22. The molecule has 1 atom stereocenters. The van der Waals surface area contributed by atoms with Crippen molar-refractivity contribution in [2.24, 2.45) is 5.92 Å². The second-order valence-electron chi connectivity index (χ2n) is 3.55. The Balaban J connectivity index is 4.15. The predicted octanol–water partition coefficient (Wildman–Crippen LogP) is 2.09. The van der Waals surface area contributed by atoms with Crippen LogP contribution in [0.5, 0.6) is 0 Å². The summed E-state index contributed by atoms with van der Waals surface area (Å²) in [6.07, 6.45) is 1.50. The van der Waals surface area contributed by atoms with E-state index in [1.807, 2.05) is 13.8 Å². The molecule has 0 aromatic carbocycles. The average Bonchev–Trinajstić information content (AvgIpc) is 2.30. The van der Waals surface area contributed by atoms with Crippen LogP contribution in [0.1, 0.15) is 33.6 Å². The summed E-state index contributed by atoms with van der Waals surface area (Å²) in [4.78, 5) is 22.8. The molecule has 0 heterocycles. The van der Waals surface area contributed by atoms with Gasteiger partial charge >= 0.3 is 11.9 Å². The van der Waals surface area contributed by atoms with Gasteiger partial charge in [-0.05, 0) is 19.8 Å². The topological polar surface area (TPSA) is 52.6 Å². The van der Waals surface area contributed by atoms with E-state index in [0.29, 0.717) is 13.2 Å². The fourth-order valence-corrected chi connectivity index (χ4v) is 0.934. The highest BCUT2D eigenvalue weighted by Gasteiger charge is 2.23. The van der Waals surface area contributed by atoms with Gasteiger partial charge in [-0.25, -0.2) is 4.79 Å². The number of carbonyl (C=O) groups is 2. The van der Waals surface area contributed by atoms with Crippen molar-refractivity contribution in [3.63, 3.8) is 0 Å². The number of rotatable bonds is 7. The maximum Gasteiger partial charge on any atom is 0.334 e. The van der Waals surface area contributed by atoms with Crippen molar-refractivity contribution in [2.75, 3.05) is 13.2 Å². The highest BCUT2D eigenvalue weighted by Crippen LogP contribution is 2.12. The molecule has 4 heteroatoms. The fraction of sp³-hybridized carbons (Fsp3) is 0.667. The molecule has 0 aliphatic carbocycles. The average molecular weight is 228 g/mol. The largest absolute Gasteiger partial charge is 0.465 e. The van der Waals surface area contributed by atoms with Gasteiger partial charge in [0.15, 0.2) is 0 Å². The summed E-state index contributed by atoms with van der Waals surface area (Å²) < 4.78 is 9.80. The molecule has 4 nitrogen and oxygen atoms in total. The molecule has 0 aliphatic rings. The van der Waals surface area contributed by atoms with Crippen molar-refractivity contribution in [2.45, 2.75) is 33.6 Å². The Kier molecular flexibility index (Phi) is 7.25. The lowest BCUT2D eigenvalue weighted by molar-refractivity contribution is -0.150. The SMILES string of the molecule is C=C(C(=O)OCCC)C(C)C(=O)OCCC. The van der Waals surface area contributed by atoms with Crippen molar-refractivity contribution >= 4 is 11.9 Å². The highest BCUT2D eigenvalue weighted by molar-refractivity contribution is 5.94. The molecular formula is C12H20O4. The first-order valence-corrected chi connectivity index (χ1v) is 5.57. The quantitative estimate of drug-likeness (QED) is 0.494. The van der Waals surface area contributed by atoms with Crippen molar-refractivity contribution in [3.8, 4) is 0 Å². The number of carbonyl (C=O) groups excluding carboxylic acids is 2. The summed E-state index contributed by atoms with van der Waals surface area (Å²) in [6.45, 7) is 9.66. The molecule has 0 aliphatic heterocycles. The van der Waals surface area contributed by atoms with Crippen LogP contribution in [0, 0.1) is 5.92 Å². The van der Waals surface area contributed by atoms with Crippen LogP contribution in [-0.4, -0.2) is 25.2 Å². The second kappa shape index (κ2) is 7.91. The van der Waals surface area contributed by atoms with Crippen molar-refractivity contribution in [3.05, 3.63) is 12.2 Å². The maximum absolute atomic E-state index is 11.4. The fourth-order valence-electron chi connectivity index (χ4n) is 0.934. The van der Waals surface area contributed by atoms with E-state index in [1.165, 1.54) is 0 Å². The summed E-state index contributed by atoms with van der Waals surface area (Å²) >= 11 is 0. The van der Waals surface area contributed by atoms with E-state index >= 15 is 0 Å². The van der Waals surface area contributed by atoms with Crippen LogP contribution >= 0.6 is 0 Å². The minimum Gasteiger partial charge on any atom is -0.465 e. The van der Waals surface area contributed by atoms with Crippen LogP contribution in [-0.2, 0) is 19.1 Å². The number of hydrogen-bond donors (Lipinski definition) is 0. The molecule has 0 aromatic heterocycles. The van der Waals surface area contributed by atoms with Gasteiger partial charge in [-0.3, -0.25) is 4.79 Å². The van der Waals surface area contributed by atoms with E-state index in [9.17, 15) is 9.59 Å². The lowest BCUT2D eigenvalue weighted by atomic mass is 10.0. The molecule has 0 amide bonds. The lowest BCUT2D eigenvalue weighted by Gasteiger charge is -2.12. The summed E-state index contributed by atoms with van der Waals surface area (Å²) in [7, 11) is 0. The zero-order valence-electron chi connectivity index (χ0n) is 10.2. The Morgan fingerprint density at radius 3 is 2.12 bits per heavy atom. The summed E-state index contributed by atoms with van der Waals surface area (Å²) in [5, 5.41) is 0. The number of esters is 2. The van der Waals surface area contributed by atoms with E-state index in [1.54, 1.807) is 6.92 Å². The smallest absolute Gasteiger partial charge is 0.334 e. The highest BCUT2D eigenvalue weighted by atomic mass is 16.5. The molecular weight excluding hydrogens is 208 g/mol. The first-order valence-electron chi connectivity index (χ1n) is 5.57. The molecule has 0 bridgehead atoms. The van der Waals surface area contributed by atoms with Crippen LogP contribution in [0.25, 0.3) is 0 Å². The maximum atomic E-state index is 11.4. The number of ether oxygens (including phenoxy) is 2. The van der Waals surface area contributed by atoms with Crippen molar-refractivity contribution < 1.29 is 19.1 Å². The minimum atomic E-state index is -0.643. The van der Waals surface area contributed by atoms with E-state index in [0.717, 1.165) is 12.8 Å². The van der Waals surface area contributed by atoms with Crippen molar-refractivity contribution in [1.29, 1.82) is 0 Å². The Morgan fingerprint density at radius 1 is 1.12 bits per heavy atom. The van der Waals surface area contributed by atoms with Crippen LogP contribution in [0.4, 0.5) is 0 Å². The third kappa shape index (κ3) is 4.96. The molecule has 0 spiro atoms. The van der Waals surface area contributed by atoms with Gasteiger partial charge in [0.2, 0.25) is 0 Å². The summed E-state index contributed by atoms with van der Waals surface area (Å²) in [6, 6.07) is 0. The van der Waals surface area contributed by atoms with Crippen LogP contribution in [0.3, 0.4) is 0 Å². The monoisotopic (exact) mass is 228 g/mol. The molecule has 0 radical (unpaired) electrons. The Hall–Kier alpha value is -1.32. The molecule has 1 unspecified atom stereocenters. The Labute approximate surface area is 96.6 Å². The third-order valence-electron chi connectivity index (χ3n) is 2.02. The van der Waals surface area contributed by atoms with E-state index < -0.39 is 17.9 Å².